The highest BCUT2D eigenvalue weighted by atomic mass is 16.6. The molecule has 0 radical (unpaired) electrons. The molecule has 4 rings (SSSR count). The van der Waals surface area contributed by atoms with Crippen molar-refractivity contribution in [1.29, 1.82) is 0 Å². The van der Waals surface area contributed by atoms with Crippen molar-refractivity contribution >= 4 is 22.9 Å². The molecular weight excluding hydrogens is 436 g/mol. The standard InChI is InChI=1S/C25H34N4O5/c1-5-28-21(31)17-11-10-16(15-18(17)26-22(28)32)20(30)27-25-12-8-6-7-9-19(25)29(14-13-25)23(33)34-24(2,3)4/h10-11,15,19H,5-9,12-14H2,1-4H3,(H,26,32)(H,27,30). The van der Waals surface area contributed by atoms with Gasteiger partial charge in [0, 0.05) is 18.7 Å². The summed E-state index contributed by atoms with van der Waals surface area (Å²) in [5, 5.41) is 3.61. The first-order valence-electron chi connectivity index (χ1n) is 12.1. The maximum absolute atomic E-state index is 13.4. The van der Waals surface area contributed by atoms with E-state index < -0.39 is 16.8 Å². The van der Waals surface area contributed by atoms with Gasteiger partial charge in [0.05, 0.1) is 22.5 Å². The van der Waals surface area contributed by atoms with Crippen LogP contribution in [0.5, 0.6) is 0 Å². The van der Waals surface area contributed by atoms with Crippen molar-refractivity contribution in [3.63, 3.8) is 0 Å². The van der Waals surface area contributed by atoms with Crippen LogP contribution in [-0.4, -0.2) is 50.2 Å². The second-order valence-electron chi connectivity index (χ2n) is 10.4. The van der Waals surface area contributed by atoms with E-state index in [2.05, 4.69) is 10.3 Å². The highest BCUT2D eigenvalue weighted by molar-refractivity contribution is 5.98. The number of ether oxygens (including phenoxy) is 1. The fourth-order valence-corrected chi connectivity index (χ4v) is 5.35. The van der Waals surface area contributed by atoms with Crippen LogP contribution in [0.4, 0.5) is 4.79 Å². The summed E-state index contributed by atoms with van der Waals surface area (Å²) in [4.78, 5) is 55.6. The Labute approximate surface area is 198 Å². The summed E-state index contributed by atoms with van der Waals surface area (Å²) in [5.41, 5.74) is -1.29. The van der Waals surface area contributed by atoms with Crippen LogP contribution in [0.2, 0.25) is 0 Å². The number of likely N-dealkylation sites (tertiary alicyclic amines) is 1. The molecule has 34 heavy (non-hydrogen) atoms. The fourth-order valence-electron chi connectivity index (χ4n) is 5.35. The van der Waals surface area contributed by atoms with E-state index in [-0.39, 0.29) is 30.1 Å². The van der Waals surface area contributed by atoms with E-state index in [0.717, 1.165) is 36.7 Å². The van der Waals surface area contributed by atoms with E-state index in [0.29, 0.717) is 29.4 Å². The second kappa shape index (κ2) is 8.92. The van der Waals surface area contributed by atoms with E-state index in [1.54, 1.807) is 30.0 Å². The van der Waals surface area contributed by atoms with Crippen molar-refractivity contribution in [2.45, 2.75) is 89.9 Å². The average molecular weight is 471 g/mol. The van der Waals surface area contributed by atoms with E-state index >= 15 is 0 Å². The third-order valence-electron chi connectivity index (χ3n) is 6.96. The van der Waals surface area contributed by atoms with Gasteiger partial charge in [-0.3, -0.25) is 14.2 Å². The number of fused-ring (bicyclic) bond motifs is 2. The van der Waals surface area contributed by atoms with E-state index in [4.69, 9.17) is 4.74 Å². The van der Waals surface area contributed by atoms with Gasteiger partial charge in [0.2, 0.25) is 0 Å². The van der Waals surface area contributed by atoms with Gasteiger partial charge in [-0.15, -0.1) is 0 Å². The lowest BCUT2D eigenvalue weighted by molar-refractivity contribution is 0.0176. The van der Waals surface area contributed by atoms with Gasteiger partial charge in [-0.25, -0.2) is 9.59 Å². The molecular formula is C25H34N4O5. The molecule has 0 bridgehead atoms. The highest BCUT2D eigenvalue weighted by Gasteiger charge is 2.51. The maximum atomic E-state index is 13.4. The quantitative estimate of drug-likeness (QED) is 0.715. The van der Waals surface area contributed by atoms with Crippen LogP contribution in [0.3, 0.4) is 0 Å². The number of carbonyl (C=O) groups is 2. The van der Waals surface area contributed by atoms with Gasteiger partial charge in [0.15, 0.2) is 0 Å². The van der Waals surface area contributed by atoms with Gasteiger partial charge in [0.25, 0.3) is 11.5 Å². The van der Waals surface area contributed by atoms with Crippen LogP contribution >= 0.6 is 0 Å². The molecule has 2 fully saturated rings. The number of nitrogens with zero attached hydrogens (tertiary/aromatic N) is 2. The van der Waals surface area contributed by atoms with Crippen molar-refractivity contribution in [2.75, 3.05) is 6.54 Å². The molecule has 184 valence electrons. The van der Waals surface area contributed by atoms with Gasteiger partial charge >= 0.3 is 11.8 Å². The summed E-state index contributed by atoms with van der Waals surface area (Å²) in [6.07, 6.45) is 4.93. The minimum atomic E-state index is -0.589. The third-order valence-corrected chi connectivity index (χ3v) is 6.96. The van der Waals surface area contributed by atoms with Crippen molar-refractivity contribution < 1.29 is 14.3 Å². The van der Waals surface area contributed by atoms with Crippen LogP contribution in [-0.2, 0) is 11.3 Å². The molecule has 2 unspecified atom stereocenters. The molecule has 2 atom stereocenters. The molecule has 9 nitrogen and oxygen atoms in total. The topological polar surface area (TPSA) is 114 Å². The zero-order chi connectivity index (χ0) is 24.7. The Morgan fingerprint density at radius 3 is 2.65 bits per heavy atom. The first kappa shape index (κ1) is 24.0. The van der Waals surface area contributed by atoms with Crippen molar-refractivity contribution in [3.8, 4) is 0 Å². The van der Waals surface area contributed by atoms with Crippen LogP contribution in [0.1, 0.15) is 76.6 Å². The lowest BCUT2D eigenvalue weighted by atomic mass is 9.85. The normalized spacial score (nSPS) is 22.8. The number of H-pyrrole nitrogens is 1. The zero-order valence-electron chi connectivity index (χ0n) is 20.4. The minimum Gasteiger partial charge on any atom is -0.444 e. The Hall–Kier alpha value is -3.10. The molecule has 2 aromatic rings. The van der Waals surface area contributed by atoms with Crippen LogP contribution in [0.25, 0.3) is 10.9 Å². The minimum absolute atomic E-state index is 0.133. The number of aromatic nitrogens is 2. The maximum Gasteiger partial charge on any atom is 0.410 e. The molecule has 1 aromatic heterocycles. The summed E-state index contributed by atoms with van der Waals surface area (Å²) in [6, 6.07) is 4.61. The molecule has 0 spiro atoms. The molecule has 2 amide bonds. The summed E-state index contributed by atoms with van der Waals surface area (Å²) in [6.45, 7) is 8.08. The Morgan fingerprint density at radius 2 is 1.94 bits per heavy atom. The Bertz CT molecular complexity index is 1220. The van der Waals surface area contributed by atoms with Crippen LogP contribution < -0.4 is 16.6 Å². The van der Waals surface area contributed by atoms with Gasteiger partial charge in [0.1, 0.15) is 5.60 Å². The number of hydrogen-bond donors (Lipinski definition) is 2. The number of nitrogens with one attached hydrogen (secondary N) is 2. The molecule has 2 heterocycles. The summed E-state index contributed by atoms with van der Waals surface area (Å²) in [7, 11) is 0. The third kappa shape index (κ3) is 4.48. The monoisotopic (exact) mass is 470 g/mol. The Kier molecular flexibility index (Phi) is 6.31. The van der Waals surface area contributed by atoms with Crippen molar-refractivity contribution in [3.05, 3.63) is 44.6 Å². The lowest BCUT2D eigenvalue weighted by Crippen LogP contribution is -2.57. The number of benzene rings is 1. The molecule has 2 N–H and O–H groups in total. The number of aromatic amines is 1. The fraction of sp³-hybridized carbons (Fsp3) is 0.600. The van der Waals surface area contributed by atoms with E-state index in [1.807, 2.05) is 20.8 Å². The van der Waals surface area contributed by atoms with E-state index in [1.165, 1.54) is 0 Å². The number of amides is 2. The lowest BCUT2D eigenvalue weighted by Gasteiger charge is -2.38. The first-order valence-corrected chi connectivity index (χ1v) is 12.1. The van der Waals surface area contributed by atoms with Crippen molar-refractivity contribution in [2.24, 2.45) is 0 Å². The highest BCUT2D eigenvalue weighted by Crippen LogP contribution is 2.40. The van der Waals surface area contributed by atoms with Gasteiger partial charge in [-0.1, -0.05) is 19.3 Å². The van der Waals surface area contributed by atoms with Gasteiger partial charge in [-0.05, 0) is 65.2 Å². The van der Waals surface area contributed by atoms with Gasteiger partial charge < -0.3 is 19.9 Å². The smallest absolute Gasteiger partial charge is 0.410 e. The Morgan fingerprint density at radius 1 is 1.18 bits per heavy atom. The molecule has 9 heteroatoms. The molecule has 2 aliphatic rings. The number of hydrogen-bond acceptors (Lipinski definition) is 5. The molecule has 1 saturated carbocycles. The summed E-state index contributed by atoms with van der Waals surface area (Å²) in [5.74, 6) is -0.277. The van der Waals surface area contributed by atoms with Gasteiger partial charge in [-0.2, -0.15) is 0 Å². The average Bonchev–Trinajstić information content (AvgIpc) is 2.98. The van der Waals surface area contributed by atoms with E-state index in [9.17, 15) is 19.2 Å². The second-order valence-corrected chi connectivity index (χ2v) is 10.4. The largest absolute Gasteiger partial charge is 0.444 e. The zero-order valence-corrected chi connectivity index (χ0v) is 20.4. The van der Waals surface area contributed by atoms with Crippen LogP contribution in [0.15, 0.2) is 27.8 Å². The molecule has 1 saturated heterocycles. The van der Waals surface area contributed by atoms with Crippen LogP contribution in [0, 0.1) is 0 Å². The predicted octanol–water partition coefficient (Wildman–Crippen LogP) is 3.15. The first-order chi connectivity index (χ1) is 16.0. The Balaban J connectivity index is 1.63. The SMILES string of the molecule is CCn1c(=O)[nH]c2cc(C(=O)NC34CCCCCC3N(C(=O)OC(C)(C)C)CC4)ccc2c1=O. The summed E-state index contributed by atoms with van der Waals surface area (Å²) >= 11 is 0. The molecule has 1 aliphatic heterocycles. The molecule has 1 aliphatic carbocycles. The van der Waals surface area contributed by atoms with Crippen molar-refractivity contribution in [1.82, 2.24) is 19.8 Å². The number of rotatable bonds is 3. The predicted molar refractivity (Wildman–Crippen MR) is 129 cm³/mol. The molecule has 1 aromatic carbocycles. The number of carbonyl (C=O) groups excluding carboxylic acids is 2. The summed E-state index contributed by atoms with van der Waals surface area (Å²) < 4.78 is 6.77.